The Morgan fingerprint density at radius 1 is 1.12 bits per heavy atom. The normalized spacial score (nSPS) is 14.8. The number of nitrogens with zero attached hydrogens (tertiary/aromatic N) is 6. The van der Waals surface area contributed by atoms with Crippen molar-refractivity contribution in [2.45, 2.75) is 26.6 Å². The summed E-state index contributed by atoms with van der Waals surface area (Å²) in [5.41, 5.74) is -0.0352. The Kier molecular flexibility index (Phi) is 5.57. The summed E-state index contributed by atoms with van der Waals surface area (Å²) in [6.07, 6.45) is -2.14. The number of amides is 1. The van der Waals surface area contributed by atoms with E-state index in [1.807, 2.05) is 13.8 Å². The van der Waals surface area contributed by atoms with Gasteiger partial charge in [0.15, 0.2) is 0 Å². The van der Waals surface area contributed by atoms with Crippen LogP contribution in [0, 0.1) is 6.92 Å². The Labute approximate surface area is 181 Å². The fraction of sp³-hybridized carbons (Fsp3) is 0.381. The topological polar surface area (TPSA) is 84.2 Å². The number of rotatable bonds is 3. The van der Waals surface area contributed by atoms with Gasteiger partial charge in [0, 0.05) is 50.7 Å². The predicted molar refractivity (Wildman–Crippen MR) is 112 cm³/mol. The molecule has 3 aromatic rings. The summed E-state index contributed by atoms with van der Waals surface area (Å²) in [6, 6.07) is 4.30. The van der Waals surface area contributed by atoms with Crippen LogP contribution in [0.25, 0.3) is 11.0 Å². The lowest BCUT2D eigenvalue weighted by atomic mass is 10.1. The van der Waals surface area contributed by atoms with Gasteiger partial charge in [-0.3, -0.25) is 9.59 Å². The van der Waals surface area contributed by atoms with Gasteiger partial charge in [-0.15, -0.1) is 0 Å². The highest BCUT2D eigenvalue weighted by atomic mass is 19.4. The van der Waals surface area contributed by atoms with Crippen LogP contribution in [-0.4, -0.2) is 56.5 Å². The van der Waals surface area contributed by atoms with Gasteiger partial charge >= 0.3 is 6.18 Å². The first-order valence-corrected chi connectivity index (χ1v) is 10.1. The molecule has 0 N–H and O–H groups in total. The van der Waals surface area contributed by atoms with E-state index in [1.165, 1.54) is 11.1 Å². The van der Waals surface area contributed by atoms with Crippen molar-refractivity contribution in [3.63, 3.8) is 0 Å². The van der Waals surface area contributed by atoms with Crippen molar-refractivity contribution in [2.75, 3.05) is 31.1 Å². The predicted octanol–water partition coefficient (Wildman–Crippen LogP) is 2.50. The molecular formula is C21H21F3N6O2. The summed E-state index contributed by atoms with van der Waals surface area (Å²) in [7, 11) is 0. The molecule has 1 aliphatic heterocycles. The molecule has 168 valence electrons. The van der Waals surface area contributed by atoms with Gasteiger partial charge < -0.3 is 14.4 Å². The number of hydrogen-bond donors (Lipinski definition) is 0. The van der Waals surface area contributed by atoms with E-state index in [2.05, 4.69) is 15.0 Å². The third-order valence-electron chi connectivity index (χ3n) is 5.47. The van der Waals surface area contributed by atoms with E-state index >= 15 is 0 Å². The van der Waals surface area contributed by atoms with Gasteiger partial charge in [0.25, 0.3) is 5.91 Å². The second-order valence-electron chi connectivity index (χ2n) is 7.52. The summed E-state index contributed by atoms with van der Waals surface area (Å²) >= 11 is 0. The fourth-order valence-electron chi connectivity index (χ4n) is 3.74. The van der Waals surface area contributed by atoms with Crippen molar-refractivity contribution in [1.29, 1.82) is 0 Å². The van der Waals surface area contributed by atoms with Crippen molar-refractivity contribution in [1.82, 2.24) is 24.4 Å². The van der Waals surface area contributed by atoms with Gasteiger partial charge in [-0.25, -0.2) is 15.0 Å². The van der Waals surface area contributed by atoms with Crippen LogP contribution < -0.4 is 10.3 Å². The van der Waals surface area contributed by atoms with Crippen LogP contribution in [0.15, 0.2) is 35.5 Å². The smallest absolute Gasteiger partial charge is 0.353 e. The van der Waals surface area contributed by atoms with Crippen LogP contribution in [0.1, 0.15) is 28.7 Å². The number of aryl methyl sites for hydroxylation is 2. The summed E-state index contributed by atoms with van der Waals surface area (Å²) in [4.78, 5) is 40.9. The third kappa shape index (κ3) is 4.02. The van der Waals surface area contributed by atoms with Crippen LogP contribution in [0.5, 0.6) is 0 Å². The lowest BCUT2D eigenvalue weighted by Gasteiger charge is -2.35. The van der Waals surface area contributed by atoms with Crippen LogP contribution in [0.2, 0.25) is 0 Å². The van der Waals surface area contributed by atoms with E-state index in [0.29, 0.717) is 17.6 Å². The maximum atomic E-state index is 13.1. The Hall–Kier alpha value is -3.50. The molecule has 4 heterocycles. The number of fused-ring (bicyclic) bond motifs is 1. The molecule has 0 atom stereocenters. The van der Waals surface area contributed by atoms with Crippen molar-refractivity contribution in [2.24, 2.45) is 0 Å². The summed E-state index contributed by atoms with van der Waals surface area (Å²) in [6.45, 7) is 5.35. The minimum absolute atomic E-state index is 0.0554. The molecule has 4 rings (SSSR count). The second kappa shape index (κ2) is 8.21. The molecule has 0 bridgehead atoms. The van der Waals surface area contributed by atoms with Crippen molar-refractivity contribution < 1.29 is 18.0 Å². The SMILES string of the molecule is CCn1cc(C(=O)N2CCN(c3cc(C(F)(F)F)ncn3)CC2)c(=O)c2ccc(C)nc21. The summed E-state index contributed by atoms with van der Waals surface area (Å²) in [5.74, 6) is -0.252. The number of piperazine rings is 1. The van der Waals surface area contributed by atoms with E-state index < -0.39 is 17.8 Å². The Balaban J connectivity index is 1.56. The zero-order valence-corrected chi connectivity index (χ0v) is 17.6. The van der Waals surface area contributed by atoms with Crippen LogP contribution >= 0.6 is 0 Å². The minimum Gasteiger partial charge on any atom is -0.353 e. The number of pyridine rings is 2. The molecule has 11 heteroatoms. The number of carbonyl (C=O) groups is 1. The Bertz CT molecular complexity index is 1230. The van der Waals surface area contributed by atoms with Gasteiger partial charge in [0.05, 0.1) is 5.39 Å². The first kappa shape index (κ1) is 21.7. The van der Waals surface area contributed by atoms with Gasteiger partial charge in [-0.2, -0.15) is 13.2 Å². The third-order valence-corrected chi connectivity index (χ3v) is 5.47. The molecule has 1 amide bonds. The highest BCUT2D eigenvalue weighted by molar-refractivity contribution is 5.97. The molecule has 3 aromatic heterocycles. The Morgan fingerprint density at radius 2 is 1.84 bits per heavy atom. The van der Waals surface area contributed by atoms with Crippen molar-refractivity contribution >= 4 is 22.8 Å². The quantitative estimate of drug-likeness (QED) is 0.615. The highest BCUT2D eigenvalue weighted by Gasteiger charge is 2.34. The van der Waals surface area contributed by atoms with E-state index in [-0.39, 0.29) is 43.0 Å². The molecule has 0 spiro atoms. The molecule has 8 nitrogen and oxygen atoms in total. The second-order valence-corrected chi connectivity index (χ2v) is 7.52. The molecule has 0 unspecified atom stereocenters. The number of hydrogen-bond acceptors (Lipinski definition) is 6. The first-order valence-electron chi connectivity index (χ1n) is 10.1. The standard InChI is InChI=1S/C21H21F3N6O2/c1-3-28-11-15(18(31)14-5-4-13(2)27-19(14)28)20(32)30-8-6-29(7-9-30)17-10-16(21(22,23)24)25-12-26-17/h4-5,10-12H,3,6-9H2,1-2H3. The van der Waals surface area contributed by atoms with Crippen LogP contribution in [0.3, 0.4) is 0 Å². The van der Waals surface area contributed by atoms with E-state index in [9.17, 15) is 22.8 Å². The van der Waals surface area contributed by atoms with Crippen molar-refractivity contribution in [3.8, 4) is 0 Å². The zero-order chi connectivity index (χ0) is 23.0. The Morgan fingerprint density at radius 3 is 2.50 bits per heavy atom. The number of halogens is 3. The number of aromatic nitrogens is 4. The van der Waals surface area contributed by atoms with Gasteiger partial charge in [0.2, 0.25) is 5.43 Å². The largest absolute Gasteiger partial charge is 0.433 e. The lowest BCUT2D eigenvalue weighted by Crippen LogP contribution is -2.50. The molecule has 1 aliphatic rings. The molecule has 1 saturated heterocycles. The maximum Gasteiger partial charge on any atom is 0.433 e. The van der Waals surface area contributed by atoms with E-state index in [0.717, 1.165) is 18.1 Å². The van der Waals surface area contributed by atoms with Gasteiger partial charge in [-0.05, 0) is 26.0 Å². The minimum atomic E-state index is -4.56. The molecule has 1 fully saturated rings. The maximum absolute atomic E-state index is 13.1. The molecular weight excluding hydrogens is 425 g/mol. The average Bonchev–Trinajstić information content (AvgIpc) is 2.78. The van der Waals surface area contributed by atoms with E-state index in [4.69, 9.17) is 0 Å². The monoisotopic (exact) mass is 446 g/mol. The fourth-order valence-corrected chi connectivity index (χ4v) is 3.74. The van der Waals surface area contributed by atoms with Gasteiger partial charge in [0.1, 0.15) is 29.0 Å². The number of alkyl halides is 3. The van der Waals surface area contributed by atoms with E-state index in [1.54, 1.807) is 21.6 Å². The molecule has 0 saturated carbocycles. The molecule has 0 aliphatic carbocycles. The average molecular weight is 446 g/mol. The molecule has 0 radical (unpaired) electrons. The molecule has 0 aromatic carbocycles. The van der Waals surface area contributed by atoms with Crippen LogP contribution in [0.4, 0.5) is 19.0 Å². The zero-order valence-electron chi connectivity index (χ0n) is 17.6. The summed E-state index contributed by atoms with van der Waals surface area (Å²) in [5, 5.41) is 0.377. The van der Waals surface area contributed by atoms with Gasteiger partial charge in [-0.1, -0.05) is 0 Å². The molecule has 32 heavy (non-hydrogen) atoms. The number of carbonyl (C=O) groups excluding carboxylic acids is 1. The summed E-state index contributed by atoms with van der Waals surface area (Å²) < 4.78 is 40.5. The van der Waals surface area contributed by atoms with Crippen LogP contribution in [-0.2, 0) is 12.7 Å². The lowest BCUT2D eigenvalue weighted by molar-refractivity contribution is -0.141. The first-order chi connectivity index (χ1) is 15.2. The number of anilines is 1. The highest BCUT2D eigenvalue weighted by Crippen LogP contribution is 2.29. The van der Waals surface area contributed by atoms with Crippen molar-refractivity contribution in [3.05, 3.63) is 57.9 Å².